The molecule has 30 heavy (non-hydrogen) atoms. The molecule has 1 aliphatic rings. The number of aromatic nitrogens is 2. The van der Waals surface area contributed by atoms with Crippen molar-refractivity contribution in [3.8, 4) is 0 Å². The first-order chi connectivity index (χ1) is 14.6. The summed E-state index contributed by atoms with van der Waals surface area (Å²) in [5.41, 5.74) is 5.92. The van der Waals surface area contributed by atoms with Crippen LogP contribution >= 0.6 is 0 Å². The number of hydrogen-bond acceptors (Lipinski definition) is 4. The van der Waals surface area contributed by atoms with Crippen molar-refractivity contribution < 1.29 is 4.79 Å². The lowest BCUT2D eigenvalue weighted by Gasteiger charge is -2.42. The maximum atomic E-state index is 13.3. The molecule has 0 N–H and O–H groups in total. The number of hydrogen-bond donors (Lipinski definition) is 0. The number of anilines is 3. The SMILES string of the molecule is CC1(C)c2ccccc2N(c2cccnc2C(=O)c2ccccn2)c2ccccc21. The molecule has 146 valence electrons. The summed E-state index contributed by atoms with van der Waals surface area (Å²) in [6.07, 6.45) is 3.29. The Morgan fingerprint density at radius 1 is 0.700 bits per heavy atom. The molecule has 0 aliphatic carbocycles. The van der Waals surface area contributed by atoms with E-state index in [2.05, 4.69) is 65.1 Å². The van der Waals surface area contributed by atoms with E-state index in [-0.39, 0.29) is 11.2 Å². The van der Waals surface area contributed by atoms with Gasteiger partial charge in [0, 0.05) is 17.8 Å². The van der Waals surface area contributed by atoms with Gasteiger partial charge in [-0.05, 0) is 47.5 Å². The topological polar surface area (TPSA) is 46.1 Å². The highest BCUT2D eigenvalue weighted by molar-refractivity contribution is 6.11. The molecular weight excluding hydrogens is 370 g/mol. The van der Waals surface area contributed by atoms with Crippen LogP contribution in [0.15, 0.2) is 91.3 Å². The maximum absolute atomic E-state index is 13.3. The van der Waals surface area contributed by atoms with Crippen molar-refractivity contribution in [1.82, 2.24) is 9.97 Å². The van der Waals surface area contributed by atoms with E-state index in [1.165, 1.54) is 11.1 Å². The van der Waals surface area contributed by atoms with Crippen LogP contribution in [-0.2, 0) is 5.41 Å². The van der Waals surface area contributed by atoms with Crippen molar-refractivity contribution >= 4 is 22.8 Å². The molecule has 4 aromatic rings. The van der Waals surface area contributed by atoms with E-state index in [1.54, 1.807) is 24.5 Å². The van der Waals surface area contributed by atoms with Gasteiger partial charge in [0.25, 0.3) is 0 Å². The second kappa shape index (κ2) is 6.92. The van der Waals surface area contributed by atoms with Crippen LogP contribution in [-0.4, -0.2) is 15.8 Å². The maximum Gasteiger partial charge on any atom is 0.231 e. The fourth-order valence-electron chi connectivity index (χ4n) is 4.30. The minimum absolute atomic E-state index is 0.156. The van der Waals surface area contributed by atoms with Gasteiger partial charge in [0.2, 0.25) is 5.78 Å². The molecule has 4 heteroatoms. The highest BCUT2D eigenvalue weighted by Gasteiger charge is 2.37. The van der Waals surface area contributed by atoms with E-state index in [1.807, 2.05) is 30.3 Å². The molecule has 1 aliphatic heterocycles. The number of rotatable bonds is 3. The Bertz CT molecular complexity index is 1200. The molecule has 0 amide bonds. The van der Waals surface area contributed by atoms with E-state index >= 15 is 0 Å². The van der Waals surface area contributed by atoms with Crippen LogP contribution in [0.3, 0.4) is 0 Å². The monoisotopic (exact) mass is 391 g/mol. The van der Waals surface area contributed by atoms with Crippen LogP contribution in [0.5, 0.6) is 0 Å². The molecule has 0 saturated heterocycles. The predicted molar refractivity (Wildman–Crippen MR) is 119 cm³/mol. The molecule has 0 bridgehead atoms. The first kappa shape index (κ1) is 18.3. The summed E-state index contributed by atoms with van der Waals surface area (Å²) in [7, 11) is 0. The summed E-state index contributed by atoms with van der Waals surface area (Å²) in [5, 5.41) is 0. The third kappa shape index (κ3) is 2.72. The van der Waals surface area contributed by atoms with E-state index in [9.17, 15) is 4.79 Å². The lowest BCUT2D eigenvalue weighted by Crippen LogP contribution is -2.31. The van der Waals surface area contributed by atoms with Gasteiger partial charge in [0.1, 0.15) is 11.4 Å². The van der Waals surface area contributed by atoms with Crippen LogP contribution in [0.4, 0.5) is 17.1 Å². The predicted octanol–water partition coefficient (Wildman–Crippen LogP) is 5.82. The van der Waals surface area contributed by atoms with Crippen molar-refractivity contribution in [3.05, 3.63) is 114 Å². The minimum atomic E-state index is -0.189. The van der Waals surface area contributed by atoms with Crippen molar-refractivity contribution in [3.63, 3.8) is 0 Å². The van der Waals surface area contributed by atoms with Crippen LogP contribution in [0.1, 0.15) is 41.2 Å². The number of nitrogens with zero attached hydrogens (tertiary/aromatic N) is 3. The molecular formula is C26H21N3O. The Morgan fingerprint density at radius 3 is 1.90 bits per heavy atom. The van der Waals surface area contributed by atoms with E-state index in [0.717, 1.165) is 17.1 Å². The fraction of sp³-hybridized carbons (Fsp3) is 0.115. The van der Waals surface area contributed by atoms with E-state index in [4.69, 9.17) is 0 Å². The fourth-order valence-corrected chi connectivity index (χ4v) is 4.30. The average Bonchev–Trinajstić information content (AvgIpc) is 2.80. The molecule has 5 rings (SSSR count). The van der Waals surface area contributed by atoms with Gasteiger partial charge in [-0.1, -0.05) is 56.3 Å². The Morgan fingerprint density at radius 2 is 1.27 bits per heavy atom. The van der Waals surface area contributed by atoms with Crippen LogP contribution in [0.25, 0.3) is 0 Å². The zero-order valence-corrected chi connectivity index (χ0v) is 16.9. The normalized spacial score (nSPS) is 14.0. The van der Waals surface area contributed by atoms with Gasteiger partial charge in [0.15, 0.2) is 0 Å². The van der Waals surface area contributed by atoms with Gasteiger partial charge in [-0.2, -0.15) is 0 Å². The van der Waals surface area contributed by atoms with Crippen molar-refractivity contribution in [2.24, 2.45) is 0 Å². The van der Waals surface area contributed by atoms with Crippen LogP contribution in [0.2, 0.25) is 0 Å². The highest BCUT2D eigenvalue weighted by atomic mass is 16.1. The molecule has 2 aromatic carbocycles. The lowest BCUT2D eigenvalue weighted by molar-refractivity contribution is 0.103. The van der Waals surface area contributed by atoms with Crippen LogP contribution in [0, 0.1) is 0 Å². The number of carbonyl (C=O) groups excluding carboxylic acids is 1. The van der Waals surface area contributed by atoms with Crippen molar-refractivity contribution in [2.75, 3.05) is 4.90 Å². The zero-order chi connectivity index (χ0) is 20.7. The molecule has 2 aromatic heterocycles. The van der Waals surface area contributed by atoms with Gasteiger partial charge in [-0.25, -0.2) is 0 Å². The van der Waals surface area contributed by atoms with Crippen LogP contribution < -0.4 is 4.90 Å². The lowest BCUT2D eigenvalue weighted by atomic mass is 9.73. The summed E-state index contributed by atoms with van der Waals surface area (Å²) in [6, 6.07) is 25.9. The molecule has 0 saturated carbocycles. The summed E-state index contributed by atoms with van der Waals surface area (Å²) in [5.74, 6) is -0.189. The third-order valence-electron chi connectivity index (χ3n) is 5.78. The minimum Gasteiger partial charge on any atom is -0.308 e. The molecule has 4 nitrogen and oxygen atoms in total. The zero-order valence-electron chi connectivity index (χ0n) is 16.9. The number of pyridine rings is 2. The molecule has 3 heterocycles. The Kier molecular flexibility index (Phi) is 4.21. The highest BCUT2D eigenvalue weighted by Crippen LogP contribution is 2.51. The number of ketones is 1. The molecule has 0 fully saturated rings. The number of para-hydroxylation sites is 2. The van der Waals surface area contributed by atoms with Gasteiger partial charge >= 0.3 is 0 Å². The molecule has 0 atom stereocenters. The number of carbonyl (C=O) groups is 1. The summed E-state index contributed by atoms with van der Waals surface area (Å²) >= 11 is 0. The Balaban J connectivity index is 1.76. The Hall–Kier alpha value is -3.79. The quantitative estimate of drug-likeness (QED) is 0.413. The largest absolute Gasteiger partial charge is 0.308 e. The Labute approximate surface area is 175 Å². The van der Waals surface area contributed by atoms with E-state index in [0.29, 0.717) is 11.4 Å². The van der Waals surface area contributed by atoms with Crippen molar-refractivity contribution in [2.45, 2.75) is 19.3 Å². The number of fused-ring (bicyclic) bond motifs is 2. The van der Waals surface area contributed by atoms with Crippen molar-refractivity contribution in [1.29, 1.82) is 0 Å². The second-order valence-electron chi connectivity index (χ2n) is 7.91. The van der Waals surface area contributed by atoms with Gasteiger partial charge < -0.3 is 4.90 Å². The third-order valence-corrected chi connectivity index (χ3v) is 5.78. The summed E-state index contributed by atoms with van der Waals surface area (Å²) in [4.78, 5) is 24.2. The van der Waals surface area contributed by atoms with Gasteiger partial charge in [-0.3, -0.25) is 14.8 Å². The smallest absolute Gasteiger partial charge is 0.231 e. The average molecular weight is 391 g/mol. The first-order valence-corrected chi connectivity index (χ1v) is 9.99. The standard InChI is InChI=1S/C26H21N3O/c1-26(2)18-10-3-5-13-21(18)29(22-14-6-4-11-19(22)26)23-15-9-17-28-24(23)25(30)20-12-7-8-16-27-20/h3-17H,1-2H3. The van der Waals surface area contributed by atoms with Gasteiger partial charge in [0.05, 0.1) is 17.1 Å². The first-order valence-electron chi connectivity index (χ1n) is 9.99. The summed E-state index contributed by atoms with van der Waals surface area (Å²) in [6.45, 7) is 4.48. The van der Waals surface area contributed by atoms with Gasteiger partial charge in [-0.15, -0.1) is 0 Å². The number of benzene rings is 2. The van der Waals surface area contributed by atoms with E-state index < -0.39 is 0 Å². The second-order valence-corrected chi connectivity index (χ2v) is 7.91. The molecule has 0 spiro atoms. The summed E-state index contributed by atoms with van der Waals surface area (Å²) < 4.78 is 0. The molecule has 0 unspecified atom stereocenters. The molecule has 0 radical (unpaired) electrons.